The Hall–Kier alpha value is -1.73. The maximum atomic E-state index is 12.6. The number of carboxylic acid groups (broad SMARTS) is 1. The second-order valence-electron chi connectivity index (χ2n) is 4.15. The summed E-state index contributed by atoms with van der Waals surface area (Å²) in [6, 6.07) is 4.46. The van der Waals surface area contributed by atoms with E-state index < -0.39 is 17.7 Å². The molecular formula is C13H9ClF3NO2S. The molecule has 0 atom stereocenters. The lowest BCUT2D eigenvalue weighted by molar-refractivity contribution is -0.137. The van der Waals surface area contributed by atoms with Crippen molar-refractivity contribution in [1.82, 2.24) is 0 Å². The molecule has 1 aromatic carbocycles. The molecule has 3 nitrogen and oxygen atoms in total. The standard InChI is InChI=1S/C13H9ClF3NO2S/c14-10-2-1-8(13(15,16)17)4-11(10)18-5-9-3-7(6-21-9)12(19)20/h1-4,6,18H,5H2,(H,19,20). The van der Waals surface area contributed by atoms with Crippen molar-refractivity contribution >= 4 is 34.6 Å². The van der Waals surface area contributed by atoms with Crippen LogP contribution in [0.2, 0.25) is 5.02 Å². The summed E-state index contributed by atoms with van der Waals surface area (Å²) in [6.07, 6.45) is -4.44. The maximum Gasteiger partial charge on any atom is 0.416 e. The number of aromatic carboxylic acids is 1. The maximum absolute atomic E-state index is 12.6. The highest BCUT2D eigenvalue weighted by Gasteiger charge is 2.30. The summed E-state index contributed by atoms with van der Waals surface area (Å²) in [7, 11) is 0. The Bertz CT molecular complexity index is 670. The summed E-state index contributed by atoms with van der Waals surface area (Å²) in [5, 5.41) is 13.2. The first-order chi connectivity index (χ1) is 9.77. The van der Waals surface area contributed by atoms with Gasteiger partial charge >= 0.3 is 12.1 Å². The molecule has 0 amide bonds. The van der Waals surface area contributed by atoms with Gasteiger partial charge in [0.1, 0.15) is 0 Å². The fourth-order valence-electron chi connectivity index (χ4n) is 1.60. The Balaban J connectivity index is 2.13. The first-order valence-electron chi connectivity index (χ1n) is 5.68. The van der Waals surface area contributed by atoms with Crippen LogP contribution in [0, 0.1) is 0 Å². The van der Waals surface area contributed by atoms with Crippen molar-refractivity contribution in [3.8, 4) is 0 Å². The minimum Gasteiger partial charge on any atom is -0.478 e. The fourth-order valence-corrected chi connectivity index (χ4v) is 2.59. The van der Waals surface area contributed by atoms with Gasteiger partial charge < -0.3 is 10.4 Å². The molecule has 112 valence electrons. The Morgan fingerprint density at radius 1 is 1.33 bits per heavy atom. The zero-order chi connectivity index (χ0) is 15.6. The van der Waals surface area contributed by atoms with Crippen molar-refractivity contribution in [2.24, 2.45) is 0 Å². The highest BCUT2D eigenvalue weighted by Crippen LogP contribution is 2.34. The molecule has 8 heteroatoms. The van der Waals surface area contributed by atoms with Crippen LogP contribution in [0.1, 0.15) is 20.8 Å². The van der Waals surface area contributed by atoms with E-state index in [1.807, 2.05) is 0 Å². The summed E-state index contributed by atoms with van der Waals surface area (Å²) in [5.41, 5.74) is -0.504. The minimum atomic E-state index is -4.44. The molecular weight excluding hydrogens is 327 g/mol. The van der Waals surface area contributed by atoms with Crippen LogP contribution in [-0.2, 0) is 12.7 Å². The molecule has 0 aliphatic rings. The van der Waals surface area contributed by atoms with Crippen LogP contribution >= 0.6 is 22.9 Å². The van der Waals surface area contributed by atoms with Crippen LogP contribution < -0.4 is 5.32 Å². The van der Waals surface area contributed by atoms with Gasteiger partial charge in [-0.05, 0) is 24.3 Å². The van der Waals surface area contributed by atoms with E-state index in [-0.39, 0.29) is 22.8 Å². The molecule has 0 saturated heterocycles. The predicted molar refractivity (Wildman–Crippen MR) is 75.1 cm³/mol. The largest absolute Gasteiger partial charge is 0.478 e. The Morgan fingerprint density at radius 2 is 2.05 bits per heavy atom. The Labute approximate surface area is 127 Å². The van der Waals surface area contributed by atoms with Gasteiger partial charge in [0.05, 0.1) is 21.8 Å². The molecule has 0 aliphatic carbocycles. The molecule has 0 fully saturated rings. The van der Waals surface area contributed by atoms with Gasteiger partial charge in [-0.2, -0.15) is 13.2 Å². The van der Waals surface area contributed by atoms with E-state index in [2.05, 4.69) is 5.32 Å². The van der Waals surface area contributed by atoms with E-state index in [0.717, 1.165) is 12.1 Å². The van der Waals surface area contributed by atoms with Crippen molar-refractivity contribution < 1.29 is 23.1 Å². The van der Waals surface area contributed by atoms with Crippen molar-refractivity contribution in [3.05, 3.63) is 50.7 Å². The minimum absolute atomic E-state index is 0.145. The van der Waals surface area contributed by atoms with Crippen LogP contribution in [0.25, 0.3) is 0 Å². The van der Waals surface area contributed by atoms with Crippen LogP contribution in [0.5, 0.6) is 0 Å². The SMILES string of the molecule is O=C(O)c1csc(CNc2cc(C(F)(F)F)ccc2Cl)c1. The summed E-state index contributed by atoms with van der Waals surface area (Å²) in [5.74, 6) is -1.05. The number of carboxylic acids is 1. The molecule has 0 unspecified atom stereocenters. The monoisotopic (exact) mass is 335 g/mol. The lowest BCUT2D eigenvalue weighted by Gasteiger charge is -2.11. The number of thiophene rings is 1. The van der Waals surface area contributed by atoms with E-state index in [9.17, 15) is 18.0 Å². The third-order valence-electron chi connectivity index (χ3n) is 2.65. The summed E-state index contributed by atoms with van der Waals surface area (Å²) < 4.78 is 37.9. The number of hydrogen-bond donors (Lipinski definition) is 2. The number of carbonyl (C=O) groups is 1. The van der Waals surface area contributed by atoms with Crippen LogP contribution in [-0.4, -0.2) is 11.1 Å². The smallest absolute Gasteiger partial charge is 0.416 e. The van der Waals surface area contributed by atoms with Gasteiger partial charge in [-0.15, -0.1) is 11.3 Å². The highest BCUT2D eigenvalue weighted by atomic mass is 35.5. The molecule has 0 spiro atoms. The Kier molecular flexibility index (Phi) is 4.43. The summed E-state index contributed by atoms with van der Waals surface area (Å²) in [6.45, 7) is 0.193. The van der Waals surface area contributed by atoms with Crippen molar-refractivity contribution in [2.75, 3.05) is 5.32 Å². The molecule has 0 saturated carbocycles. The van der Waals surface area contributed by atoms with E-state index in [1.165, 1.54) is 28.8 Å². The number of alkyl halides is 3. The molecule has 1 heterocycles. The normalized spacial score (nSPS) is 11.4. The number of hydrogen-bond acceptors (Lipinski definition) is 3. The number of halogens is 4. The van der Waals surface area contributed by atoms with E-state index in [1.54, 1.807) is 0 Å². The molecule has 2 N–H and O–H groups in total. The lowest BCUT2D eigenvalue weighted by atomic mass is 10.2. The second-order valence-corrected chi connectivity index (χ2v) is 5.56. The van der Waals surface area contributed by atoms with E-state index >= 15 is 0 Å². The van der Waals surface area contributed by atoms with Gasteiger partial charge in [0.2, 0.25) is 0 Å². The third-order valence-corrected chi connectivity index (χ3v) is 3.91. The summed E-state index contributed by atoms with van der Waals surface area (Å²) >= 11 is 7.05. The van der Waals surface area contributed by atoms with Gasteiger partial charge in [0.15, 0.2) is 0 Å². The molecule has 2 aromatic rings. The fraction of sp³-hybridized carbons (Fsp3) is 0.154. The zero-order valence-electron chi connectivity index (χ0n) is 10.4. The number of nitrogens with one attached hydrogen (secondary N) is 1. The van der Waals surface area contributed by atoms with Gasteiger partial charge in [-0.25, -0.2) is 4.79 Å². The zero-order valence-corrected chi connectivity index (χ0v) is 11.9. The van der Waals surface area contributed by atoms with Crippen LogP contribution in [0.3, 0.4) is 0 Å². The van der Waals surface area contributed by atoms with Gasteiger partial charge in [0, 0.05) is 16.8 Å². The van der Waals surface area contributed by atoms with Crippen molar-refractivity contribution in [2.45, 2.75) is 12.7 Å². The van der Waals surface area contributed by atoms with E-state index in [4.69, 9.17) is 16.7 Å². The molecule has 0 radical (unpaired) electrons. The average Bonchev–Trinajstić information content (AvgIpc) is 2.85. The number of rotatable bonds is 4. The molecule has 21 heavy (non-hydrogen) atoms. The van der Waals surface area contributed by atoms with Crippen LogP contribution in [0.4, 0.5) is 18.9 Å². The van der Waals surface area contributed by atoms with Crippen molar-refractivity contribution in [1.29, 1.82) is 0 Å². The van der Waals surface area contributed by atoms with E-state index in [0.29, 0.717) is 4.88 Å². The first kappa shape index (κ1) is 15.7. The van der Waals surface area contributed by atoms with Crippen molar-refractivity contribution in [3.63, 3.8) is 0 Å². The Morgan fingerprint density at radius 3 is 2.62 bits per heavy atom. The van der Waals surface area contributed by atoms with Gasteiger partial charge in [-0.3, -0.25) is 0 Å². The number of benzene rings is 1. The average molecular weight is 336 g/mol. The van der Waals surface area contributed by atoms with Gasteiger partial charge in [0.25, 0.3) is 0 Å². The lowest BCUT2D eigenvalue weighted by Crippen LogP contribution is -2.06. The molecule has 0 bridgehead atoms. The number of anilines is 1. The topological polar surface area (TPSA) is 49.3 Å². The summed E-state index contributed by atoms with van der Waals surface area (Å²) in [4.78, 5) is 11.4. The van der Waals surface area contributed by atoms with Gasteiger partial charge in [-0.1, -0.05) is 11.6 Å². The third kappa shape index (κ3) is 3.89. The molecule has 1 aromatic heterocycles. The quantitative estimate of drug-likeness (QED) is 0.849. The molecule has 0 aliphatic heterocycles. The first-order valence-corrected chi connectivity index (χ1v) is 6.94. The second kappa shape index (κ2) is 5.95. The highest BCUT2D eigenvalue weighted by molar-refractivity contribution is 7.10. The van der Waals surface area contributed by atoms with Crippen LogP contribution in [0.15, 0.2) is 29.6 Å². The predicted octanol–water partition coefficient (Wildman–Crippen LogP) is 4.73. The molecule has 2 rings (SSSR count).